The molecular weight excluding hydrogens is 262 g/mol. The van der Waals surface area contributed by atoms with Crippen LogP contribution in [0.3, 0.4) is 0 Å². The van der Waals surface area contributed by atoms with Gasteiger partial charge >= 0.3 is 5.97 Å². The van der Waals surface area contributed by atoms with Gasteiger partial charge in [0.05, 0.1) is 5.41 Å². The van der Waals surface area contributed by atoms with Crippen molar-refractivity contribution in [2.75, 3.05) is 19.7 Å². The summed E-state index contributed by atoms with van der Waals surface area (Å²) in [5, 5.41) is 18.6. The standard InChI is InChI=1S/C14H17NO5/c1-14(13(18)19)6-7-15(9-14)12(17)8-20-11-5-3-2-4-10(11)16/h2-5,16H,6-9H2,1H3,(H,18,19). The molecule has 0 radical (unpaired) electrons. The lowest BCUT2D eigenvalue weighted by Crippen LogP contribution is -2.37. The summed E-state index contributed by atoms with van der Waals surface area (Å²) in [6, 6.07) is 6.38. The van der Waals surface area contributed by atoms with Crippen LogP contribution in [0.2, 0.25) is 0 Å². The molecule has 0 spiro atoms. The lowest BCUT2D eigenvalue weighted by atomic mass is 9.90. The van der Waals surface area contributed by atoms with E-state index in [1.807, 2.05) is 0 Å². The Balaban J connectivity index is 1.91. The minimum Gasteiger partial charge on any atom is -0.504 e. The highest BCUT2D eigenvalue weighted by Gasteiger charge is 2.42. The van der Waals surface area contributed by atoms with E-state index in [0.29, 0.717) is 13.0 Å². The number of benzene rings is 1. The van der Waals surface area contributed by atoms with Crippen LogP contribution in [0.4, 0.5) is 0 Å². The molecule has 1 atom stereocenters. The van der Waals surface area contributed by atoms with Crippen LogP contribution >= 0.6 is 0 Å². The molecule has 1 saturated heterocycles. The summed E-state index contributed by atoms with van der Waals surface area (Å²) in [6.07, 6.45) is 0.435. The predicted octanol–water partition coefficient (Wildman–Crippen LogP) is 1.09. The summed E-state index contributed by atoms with van der Waals surface area (Å²) in [7, 11) is 0. The summed E-state index contributed by atoms with van der Waals surface area (Å²) in [5.41, 5.74) is -0.884. The minimum absolute atomic E-state index is 0.0305. The number of nitrogens with zero attached hydrogens (tertiary/aromatic N) is 1. The number of phenols is 1. The molecule has 0 aromatic heterocycles. The molecule has 2 N–H and O–H groups in total. The molecule has 0 bridgehead atoms. The molecule has 0 saturated carbocycles. The molecule has 1 amide bonds. The van der Waals surface area contributed by atoms with Crippen LogP contribution in [0.5, 0.6) is 11.5 Å². The third-order valence-electron chi connectivity index (χ3n) is 3.56. The Kier molecular flexibility index (Phi) is 3.83. The fourth-order valence-corrected chi connectivity index (χ4v) is 2.16. The monoisotopic (exact) mass is 279 g/mol. The van der Waals surface area contributed by atoms with Gasteiger partial charge in [0.15, 0.2) is 18.1 Å². The van der Waals surface area contributed by atoms with Crippen LogP contribution in [-0.4, -0.2) is 46.7 Å². The number of hydrogen-bond donors (Lipinski definition) is 2. The van der Waals surface area contributed by atoms with Crippen molar-refractivity contribution in [3.8, 4) is 11.5 Å². The average molecular weight is 279 g/mol. The molecule has 1 aliphatic heterocycles. The SMILES string of the molecule is CC1(C(=O)O)CCN(C(=O)COc2ccccc2O)C1. The van der Waals surface area contributed by atoms with Gasteiger partial charge in [-0.1, -0.05) is 12.1 Å². The van der Waals surface area contributed by atoms with Gasteiger partial charge < -0.3 is 19.8 Å². The summed E-state index contributed by atoms with van der Waals surface area (Å²) in [4.78, 5) is 24.6. The first-order valence-electron chi connectivity index (χ1n) is 6.34. The molecule has 1 aromatic carbocycles. The number of hydrogen-bond acceptors (Lipinski definition) is 4. The van der Waals surface area contributed by atoms with Gasteiger partial charge in [-0.05, 0) is 25.5 Å². The Hall–Kier alpha value is -2.24. The Morgan fingerprint density at radius 1 is 1.40 bits per heavy atom. The fourth-order valence-electron chi connectivity index (χ4n) is 2.16. The van der Waals surface area contributed by atoms with E-state index in [1.165, 1.54) is 11.0 Å². The summed E-state index contributed by atoms with van der Waals surface area (Å²) < 4.78 is 5.25. The molecule has 1 heterocycles. The number of likely N-dealkylation sites (tertiary alicyclic amines) is 1. The van der Waals surface area contributed by atoms with E-state index in [4.69, 9.17) is 9.84 Å². The number of carbonyl (C=O) groups is 2. The third kappa shape index (κ3) is 2.84. The van der Waals surface area contributed by atoms with Crippen LogP contribution < -0.4 is 4.74 Å². The molecule has 108 valence electrons. The molecule has 20 heavy (non-hydrogen) atoms. The van der Waals surface area contributed by atoms with Crippen molar-refractivity contribution in [2.45, 2.75) is 13.3 Å². The molecule has 1 fully saturated rings. The van der Waals surface area contributed by atoms with Crippen molar-refractivity contribution < 1.29 is 24.5 Å². The predicted molar refractivity (Wildman–Crippen MR) is 70.5 cm³/mol. The van der Waals surface area contributed by atoms with Gasteiger partial charge in [-0.25, -0.2) is 0 Å². The molecule has 1 unspecified atom stereocenters. The number of rotatable bonds is 4. The molecule has 1 aromatic rings. The van der Waals surface area contributed by atoms with E-state index >= 15 is 0 Å². The zero-order chi connectivity index (χ0) is 14.8. The van der Waals surface area contributed by atoms with Gasteiger partial charge in [0.2, 0.25) is 0 Å². The van der Waals surface area contributed by atoms with Crippen molar-refractivity contribution in [3.05, 3.63) is 24.3 Å². The number of aromatic hydroxyl groups is 1. The quantitative estimate of drug-likeness (QED) is 0.861. The molecule has 2 rings (SSSR count). The van der Waals surface area contributed by atoms with E-state index in [-0.39, 0.29) is 30.6 Å². The molecule has 6 nitrogen and oxygen atoms in total. The maximum atomic E-state index is 12.0. The Bertz CT molecular complexity index is 530. The molecule has 1 aliphatic rings. The highest BCUT2D eigenvalue weighted by atomic mass is 16.5. The van der Waals surface area contributed by atoms with Gasteiger partial charge in [0, 0.05) is 13.1 Å². The minimum atomic E-state index is -0.894. The smallest absolute Gasteiger partial charge is 0.311 e. The second-order valence-electron chi connectivity index (χ2n) is 5.19. The summed E-state index contributed by atoms with van der Waals surface area (Å²) >= 11 is 0. The largest absolute Gasteiger partial charge is 0.504 e. The van der Waals surface area contributed by atoms with Crippen LogP contribution in [-0.2, 0) is 9.59 Å². The summed E-state index contributed by atoms with van der Waals surface area (Å²) in [5.74, 6) is -0.967. The van der Waals surface area contributed by atoms with Crippen LogP contribution in [0.25, 0.3) is 0 Å². The lowest BCUT2D eigenvalue weighted by Gasteiger charge is -2.20. The van der Waals surface area contributed by atoms with E-state index in [0.717, 1.165) is 0 Å². The van der Waals surface area contributed by atoms with Crippen molar-refractivity contribution >= 4 is 11.9 Å². The molecule has 6 heteroatoms. The van der Waals surface area contributed by atoms with Gasteiger partial charge in [0.1, 0.15) is 0 Å². The topological polar surface area (TPSA) is 87.1 Å². The maximum Gasteiger partial charge on any atom is 0.311 e. The van der Waals surface area contributed by atoms with Gasteiger partial charge in [-0.3, -0.25) is 9.59 Å². The number of ether oxygens (including phenoxy) is 1. The van der Waals surface area contributed by atoms with E-state index in [2.05, 4.69) is 0 Å². The van der Waals surface area contributed by atoms with Crippen molar-refractivity contribution in [3.63, 3.8) is 0 Å². The molecule has 0 aliphatic carbocycles. The number of carbonyl (C=O) groups excluding carboxylic acids is 1. The van der Waals surface area contributed by atoms with Crippen LogP contribution in [0.1, 0.15) is 13.3 Å². The van der Waals surface area contributed by atoms with Crippen molar-refractivity contribution in [2.24, 2.45) is 5.41 Å². The zero-order valence-electron chi connectivity index (χ0n) is 11.2. The highest BCUT2D eigenvalue weighted by molar-refractivity contribution is 5.81. The van der Waals surface area contributed by atoms with E-state index < -0.39 is 11.4 Å². The van der Waals surface area contributed by atoms with Crippen LogP contribution in [0.15, 0.2) is 24.3 Å². The Labute approximate surface area is 116 Å². The maximum absolute atomic E-state index is 12.0. The van der Waals surface area contributed by atoms with Gasteiger partial charge in [-0.2, -0.15) is 0 Å². The first kappa shape index (κ1) is 14.2. The molecular formula is C14H17NO5. The third-order valence-corrected chi connectivity index (χ3v) is 3.56. The van der Waals surface area contributed by atoms with E-state index in [9.17, 15) is 14.7 Å². The number of para-hydroxylation sites is 2. The van der Waals surface area contributed by atoms with Crippen LogP contribution in [0, 0.1) is 5.41 Å². The number of aliphatic carboxylic acids is 1. The van der Waals surface area contributed by atoms with E-state index in [1.54, 1.807) is 25.1 Å². The number of phenolic OH excluding ortho intramolecular Hbond substituents is 1. The normalized spacial score (nSPS) is 21.8. The number of carboxylic acids is 1. The first-order valence-corrected chi connectivity index (χ1v) is 6.34. The second-order valence-corrected chi connectivity index (χ2v) is 5.19. The fraction of sp³-hybridized carbons (Fsp3) is 0.429. The van der Waals surface area contributed by atoms with Gasteiger partial charge in [0.25, 0.3) is 5.91 Å². The van der Waals surface area contributed by atoms with Crippen molar-refractivity contribution in [1.82, 2.24) is 4.90 Å². The average Bonchev–Trinajstić information content (AvgIpc) is 2.82. The first-order chi connectivity index (χ1) is 9.42. The van der Waals surface area contributed by atoms with Crippen molar-refractivity contribution in [1.29, 1.82) is 0 Å². The highest BCUT2D eigenvalue weighted by Crippen LogP contribution is 2.30. The Morgan fingerprint density at radius 2 is 2.10 bits per heavy atom. The zero-order valence-corrected chi connectivity index (χ0v) is 11.2. The number of amides is 1. The lowest BCUT2D eigenvalue weighted by molar-refractivity contribution is -0.147. The number of carboxylic acid groups (broad SMARTS) is 1. The Morgan fingerprint density at radius 3 is 2.70 bits per heavy atom. The van der Waals surface area contributed by atoms with Gasteiger partial charge in [-0.15, -0.1) is 0 Å². The summed E-state index contributed by atoms with van der Waals surface area (Å²) in [6.45, 7) is 2.01. The second kappa shape index (κ2) is 5.40.